The first-order chi connectivity index (χ1) is 14.1. The maximum atomic E-state index is 12.9. The van der Waals surface area contributed by atoms with Crippen molar-refractivity contribution in [2.24, 2.45) is 0 Å². The van der Waals surface area contributed by atoms with E-state index in [2.05, 4.69) is 10.6 Å². The molecule has 148 valence electrons. The van der Waals surface area contributed by atoms with E-state index in [4.69, 9.17) is 5.10 Å². The Hall–Kier alpha value is -3.41. The monoisotopic (exact) mass is 388 g/mol. The van der Waals surface area contributed by atoms with Gasteiger partial charge in [0, 0.05) is 30.2 Å². The van der Waals surface area contributed by atoms with Crippen LogP contribution in [0.2, 0.25) is 0 Å². The van der Waals surface area contributed by atoms with E-state index in [-0.39, 0.29) is 11.8 Å². The zero-order chi connectivity index (χ0) is 20.2. The van der Waals surface area contributed by atoms with Crippen LogP contribution in [0.3, 0.4) is 0 Å². The normalized spacial score (nSPS) is 14.0. The molecule has 1 saturated carbocycles. The number of hydrogen-bond donors (Lipinski definition) is 2. The molecule has 1 aliphatic carbocycles. The molecule has 1 aliphatic rings. The summed E-state index contributed by atoms with van der Waals surface area (Å²) < 4.78 is 1.79. The van der Waals surface area contributed by atoms with Crippen molar-refractivity contribution in [3.63, 3.8) is 0 Å². The van der Waals surface area contributed by atoms with Gasteiger partial charge in [0.05, 0.1) is 11.4 Å². The van der Waals surface area contributed by atoms with E-state index < -0.39 is 0 Å². The smallest absolute Gasteiger partial charge is 0.256 e. The summed E-state index contributed by atoms with van der Waals surface area (Å²) in [7, 11) is 0. The average Bonchev–Trinajstić information content (AvgIpc) is 3.38. The van der Waals surface area contributed by atoms with Gasteiger partial charge in [0.25, 0.3) is 5.91 Å². The molecule has 1 fully saturated rings. The fourth-order valence-corrected chi connectivity index (χ4v) is 3.81. The van der Waals surface area contributed by atoms with Gasteiger partial charge in [-0.2, -0.15) is 5.10 Å². The van der Waals surface area contributed by atoms with Crippen LogP contribution in [0.4, 0.5) is 11.5 Å². The summed E-state index contributed by atoms with van der Waals surface area (Å²) in [4.78, 5) is 24.2. The molecule has 2 aromatic carbocycles. The SMILES string of the molecule is CC(=O)Nc1cccc(C(=O)Nc2cc(C3CCCC3)nn2-c2ccccc2)c1. The topological polar surface area (TPSA) is 76.0 Å². The Morgan fingerprint density at radius 1 is 0.966 bits per heavy atom. The lowest BCUT2D eigenvalue weighted by Crippen LogP contribution is -2.15. The number of amides is 2. The second-order valence-electron chi connectivity index (χ2n) is 7.40. The van der Waals surface area contributed by atoms with Gasteiger partial charge in [-0.3, -0.25) is 9.59 Å². The zero-order valence-electron chi connectivity index (χ0n) is 16.4. The molecule has 1 heterocycles. The number of nitrogens with zero attached hydrogens (tertiary/aromatic N) is 2. The number of anilines is 2. The third kappa shape index (κ3) is 4.37. The summed E-state index contributed by atoms with van der Waals surface area (Å²) in [5, 5.41) is 10.5. The molecule has 6 nitrogen and oxygen atoms in total. The number of nitrogens with one attached hydrogen (secondary N) is 2. The number of carbonyl (C=O) groups excluding carboxylic acids is 2. The van der Waals surface area contributed by atoms with E-state index in [1.807, 2.05) is 36.4 Å². The maximum Gasteiger partial charge on any atom is 0.256 e. The van der Waals surface area contributed by atoms with Gasteiger partial charge in [0.2, 0.25) is 5.91 Å². The van der Waals surface area contributed by atoms with Crippen LogP contribution in [0.1, 0.15) is 54.6 Å². The number of carbonyl (C=O) groups is 2. The predicted octanol–water partition coefficient (Wildman–Crippen LogP) is 4.74. The van der Waals surface area contributed by atoms with Gasteiger partial charge < -0.3 is 10.6 Å². The molecule has 29 heavy (non-hydrogen) atoms. The van der Waals surface area contributed by atoms with Crippen LogP contribution in [-0.2, 0) is 4.79 Å². The van der Waals surface area contributed by atoms with Crippen molar-refractivity contribution in [2.45, 2.75) is 38.5 Å². The molecule has 0 saturated heterocycles. The van der Waals surface area contributed by atoms with Crippen molar-refractivity contribution in [3.8, 4) is 5.69 Å². The molecular weight excluding hydrogens is 364 g/mol. The minimum Gasteiger partial charge on any atom is -0.326 e. The minimum absolute atomic E-state index is 0.175. The van der Waals surface area contributed by atoms with Gasteiger partial charge in [-0.1, -0.05) is 37.1 Å². The van der Waals surface area contributed by atoms with Crippen molar-refractivity contribution < 1.29 is 9.59 Å². The van der Waals surface area contributed by atoms with Gasteiger partial charge in [-0.25, -0.2) is 4.68 Å². The molecule has 0 bridgehead atoms. The fourth-order valence-electron chi connectivity index (χ4n) is 3.81. The van der Waals surface area contributed by atoms with E-state index in [0.29, 0.717) is 23.0 Å². The van der Waals surface area contributed by atoms with Crippen LogP contribution in [-0.4, -0.2) is 21.6 Å². The minimum atomic E-state index is -0.243. The lowest BCUT2D eigenvalue weighted by molar-refractivity contribution is -0.114. The molecule has 6 heteroatoms. The summed E-state index contributed by atoms with van der Waals surface area (Å²) in [5.41, 5.74) is 2.99. The third-order valence-corrected chi connectivity index (χ3v) is 5.19. The Balaban J connectivity index is 1.63. The molecule has 3 aromatic rings. The number of benzene rings is 2. The molecule has 2 amide bonds. The van der Waals surface area contributed by atoms with Crippen molar-refractivity contribution in [3.05, 3.63) is 71.9 Å². The van der Waals surface area contributed by atoms with Crippen LogP contribution in [0.15, 0.2) is 60.7 Å². The Kier molecular flexibility index (Phi) is 5.42. The van der Waals surface area contributed by atoms with Crippen LogP contribution in [0.25, 0.3) is 5.69 Å². The van der Waals surface area contributed by atoms with Crippen LogP contribution in [0, 0.1) is 0 Å². The van der Waals surface area contributed by atoms with Crippen molar-refractivity contribution in [1.82, 2.24) is 9.78 Å². The maximum absolute atomic E-state index is 12.9. The number of hydrogen-bond acceptors (Lipinski definition) is 3. The van der Waals surface area contributed by atoms with Gasteiger partial charge in [-0.05, 0) is 43.2 Å². The largest absolute Gasteiger partial charge is 0.326 e. The first-order valence-electron chi connectivity index (χ1n) is 9.94. The quantitative estimate of drug-likeness (QED) is 0.663. The summed E-state index contributed by atoms with van der Waals surface area (Å²) >= 11 is 0. The number of aromatic nitrogens is 2. The van der Waals surface area contributed by atoms with E-state index >= 15 is 0 Å². The van der Waals surface area contributed by atoms with Gasteiger partial charge in [-0.15, -0.1) is 0 Å². The highest BCUT2D eigenvalue weighted by Gasteiger charge is 2.22. The first kappa shape index (κ1) is 18.9. The van der Waals surface area contributed by atoms with E-state index in [0.717, 1.165) is 24.2 Å². The molecular formula is C23H24N4O2. The van der Waals surface area contributed by atoms with Crippen LogP contribution < -0.4 is 10.6 Å². The summed E-state index contributed by atoms with van der Waals surface area (Å²) in [6.45, 7) is 1.44. The molecule has 0 unspecified atom stereocenters. The highest BCUT2D eigenvalue weighted by atomic mass is 16.2. The summed E-state index contributed by atoms with van der Waals surface area (Å²) in [6, 6.07) is 18.7. The van der Waals surface area contributed by atoms with Gasteiger partial charge in [0.15, 0.2) is 0 Å². The molecule has 4 rings (SSSR count). The van der Waals surface area contributed by atoms with Gasteiger partial charge >= 0.3 is 0 Å². The summed E-state index contributed by atoms with van der Waals surface area (Å²) in [5.74, 6) is 0.671. The predicted molar refractivity (Wildman–Crippen MR) is 113 cm³/mol. The third-order valence-electron chi connectivity index (χ3n) is 5.19. The molecule has 2 N–H and O–H groups in total. The second-order valence-corrected chi connectivity index (χ2v) is 7.40. The number of rotatable bonds is 5. The lowest BCUT2D eigenvalue weighted by Gasteiger charge is -2.10. The highest BCUT2D eigenvalue weighted by molar-refractivity contribution is 6.05. The van der Waals surface area contributed by atoms with E-state index in [9.17, 15) is 9.59 Å². The van der Waals surface area contributed by atoms with Crippen LogP contribution >= 0.6 is 0 Å². The lowest BCUT2D eigenvalue weighted by atomic mass is 10.0. The average molecular weight is 388 g/mol. The molecule has 1 aromatic heterocycles. The van der Waals surface area contributed by atoms with Crippen molar-refractivity contribution in [1.29, 1.82) is 0 Å². The van der Waals surface area contributed by atoms with E-state index in [1.165, 1.54) is 19.8 Å². The molecule has 0 aliphatic heterocycles. The highest BCUT2D eigenvalue weighted by Crippen LogP contribution is 2.35. The fraction of sp³-hybridized carbons (Fsp3) is 0.261. The van der Waals surface area contributed by atoms with Crippen molar-refractivity contribution in [2.75, 3.05) is 10.6 Å². The zero-order valence-corrected chi connectivity index (χ0v) is 16.4. The standard InChI is InChI=1S/C23H24N4O2/c1-16(28)24-19-11-7-10-18(14-19)23(29)25-22-15-21(17-8-5-6-9-17)26-27(22)20-12-3-2-4-13-20/h2-4,7,10-15,17H,5-6,8-9H2,1H3,(H,24,28)(H,25,29). The Morgan fingerprint density at radius 3 is 2.45 bits per heavy atom. The Labute approximate surface area is 169 Å². The van der Waals surface area contributed by atoms with E-state index in [1.54, 1.807) is 28.9 Å². The Bertz CT molecular complexity index is 1020. The Morgan fingerprint density at radius 2 is 1.72 bits per heavy atom. The molecule has 0 spiro atoms. The summed E-state index contributed by atoms with van der Waals surface area (Å²) in [6.07, 6.45) is 4.72. The van der Waals surface area contributed by atoms with Crippen LogP contribution in [0.5, 0.6) is 0 Å². The van der Waals surface area contributed by atoms with Crippen molar-refractivity contribution >= 4 is 23.3 Å². The molecule has 0 radical (unpaired) electrons. The molecule has 0 atom stereocenters. The van der Waals surface area contributed by atoms with Gasteiger partial charge in [0.1, 0.15) is 5.82 Å². The number of para-hydroxylation sites is 1. The second kappa shape index (κ2) is 8.31. The first-order valence-corrected chi connectivity index (χ1v) is 9.94.